The number of carbonyl (C=O) groups excluding carboxylic acids is 2. The third-order valence-electron chi connectivity index (χ3n) is 5.62. The van der Waals surface area contributed by atoms with Gasteiger partial charge in [0.2, 0.25) is 5.91 Å². The van der Waals surface area contributed by atoms with E-state index in [9.17, 15) is 14.7 Å². The molecule has 0 aliphatic carbocycles. The number of benzene rings is 2. The van der Waals surface area contributed by atoms with E-state index in [2.05, 4.69) is 17.0 Å². The van der Waals surface area contributed by atoms with Gasteiger partial charge in [-0.2, -0.15) is 0 Å². The largest absolute Gasteiger partial charge is 1.00 e. The number of carboxylic acid groups (broad SMARTS) is 1. The summed E-state index contributed by atoms with van der Waals surface area (Å²) in [5.74, 6) is -1.35. The van der Waals surface area contributed by atoms with Gasteiger partial charge in [-0.1, -0.05) is 55.5 Å². The molecule has 1 aliphatic rings. The van der Waals surface area contributed by atoms with E-state index in [1.807, 2.05) is 36.4 Å². The minimum absolute atomic E-state index is 0. The Morgan fingerprint density at radius 2 is 1.55 bits per heavy atom. The quantitative estimate of drug-likeness (QED) is 0.573. The average molecular weight is 402 g/mol. The number of aliphatic carboxylic acids is 1. The molecule has 1 saturated heterocycles. The maximum absolute atomic E-state index is 12.7. The number of nitrogens with zero attached hydrogens (tertiary/aromatic N) is 2. The van der Waals surface area contributed by atoms with Gasteiger partial charge in [0.25, 0.3) is 0 Å². The van der Waals surface area contributed by atoms with Crippen LogP contribution in [0.25, 0.3) is 0 Å². The van der Waals surface area contributed by atoms with Crippen LogP contribution < -0.4 is 39.6 Å². The van der Waals surface area contributed by atoms with E-state index in [-0.39, 0.29) is 41.9 Å². The maximum atomic E-state index is 12.7. The molecule has 1 amide bonds. The molecule has 2 aromatic carbocycles. The summed E-state index contributed by atoms with van der Waals surface area (Å²) >= 11 is 0. The van der Waals surface area contributed by atoms with Crippen LogP contribution in [0.2, 0.25) is 0 Å². The number of hydrogen-bond donors (Lipinski definition) is 0. The van der Waals surface area contributed by atoms with Crippen LogP contribution in [-0.2, 0) is 16.0 Å². The van der Waals surface area contributed by atoms with Crippen molar-refractivity contribution >= 4 is 17.6 Å². The Labute approximate surface area is 195 Å². The summed E-state index contributed by atoms with van der Waals surface area (Å²) in [5, 5.41) is 12.3. The molecule has 1 heterocycles. The predicted octanol–water partition coefficient (Wildman–Crippen LogP) is -0.739. The molecule has 1 fully saturated rings. The first-order chi connectivity index (χ1) is 13.6. The van der Waals surface area contributed by atoms with Crippen LogP contribution >= 0.6 is 0 Å². The van der Waals surface area contributed by atoms with Gasteiger partial charge in [-0.25, -0.2) is 0 Å². The fourth-order valence-electron chi connectivity index (χ4n) is 3.96. The zero-order chi connectivity index (χ0) is 20.0. The molecule has 6 heteroatoms. The standard InChI is InChI=1S/C23H28N2O3.Na/c1-2-21(26)25(20-11-7-4-8-12-20)23(22(27)28)14-17-24(18-15-23)16-13-19-9-5-3-6-10-19;/h3-12H,2,13-18H2,1H3,(H,27,28);/q;+1/p-1. The number of rotatable bonds is 7. The Morgan fingerprint density at radius 3 is 2.07 bits per heavy atom. The van der Waals surface area contributed by atoms with Gasteiger partial charge in [-0.15, -0.1) is 0 Å². The van der Waals surface area contributed by atoms with Crippen LogP contribution in [0.3, 0.4) is 0 Å². The van der Waals surface area contributed by atoms with Crippen molar-refractivity contribution in [3.63, 3.8) is 0 Å². The van der Waals surface area contributed by atoms with Gasteiger partial charge in [-0.3, -0.25) is 4.79 Å². The molecule has 0 unspecified atom stereocenters. The van der Waals surface area contributed by atoms with Gasteiger partial charge in [0.1, 0.15) is 0 Å². The van der Waals surface area contributed by atoms with E-state index in [1.54, 1.807) is 19.1 Å². The van der Waals surface area contributed by atoms with Crippen molar-refractivity contribution in [1.82, 2.24) is 4.90 Å². The molecule has 0 atom stereocenters. The van der Waals surface area contributed by atoms with Crippen LogP contribution in [0.15, 0.2) is 60.7 Å². The third-order valence-corrected chi connectivity index (χ3v) is 5.62. The summed E-state index contributed by atoms with van der Waals surface area (Å²) in [6.07, 6.45) is 1.91. The van der Waals surface area contributed by atoms with Crippen molar-refractivity contribution in [1.29, 1.82) is 0 Å². The number of amides is 1. The van der Waals surface area contributed by atoms with Crippen molar-refractivity contribution in [2.24, 2.45) is 0 Å². The molecule has 0 N–H and O–H groups in total. The van der Waals surface area contributed by atoms with Crippen LogP contribution in [-0.4, -0.2) is 41.9 Å². The summed E-state index contributed by atoms with van der Waals surface area (Å²) < 4.78 is 0. The number of hydrogen-bond acceptors (Lipinski definition) is 4. The Morgan fingerprint density at radius 1 is 1.00 bits per heavy atom. The molecule has 3 rings (SSSR count). The molecule has 0 radical (unpaired) electrons. The fraction of sp³-hybridized carbons (Fsp3) is 0.391. The SMILES string of the molecule is CCC(=O)N(c1ccccc1)C1(C(=O)[O-])CCN(CCc2ccccc2)CC1.[Na+]. The van der Waals surface area contributed by atoms with E-state index in [0.29, 0.717) is 31.6 Å². The van der Waals surface area contributed by atoms with Crippen LogP contribution in [0.5, 0.6) is 0 Å². The van der Waals surface area contributed by atoms with Gasteiger partial charge in [-0.05, 0) is 37.0 Å². The van der Waals surface area contributed by atoms with Crippen molar-refractivity contribution in [2.45, 2.75) is 38.1 Å². The van der Waals surface area contributed by atoms with E-state index in [4.69, 9.17) is 0 Å². The Kier molecular flexibility index (Phi) is 8.90. The molecule has 0 spiro atoms. The number of carboxylic acids is 1. The number of likely N-dealkylation sites (tertiary alicyclic amines) is 1. The van der Waals surface area contributed by atoms with E-state index in [1.165, 1.54) is 10.5 Å². The second-order valence-corrected chi connectivity index (χ2v) is 7.31. The van der Waals surface area contributed by atoms with Gasteiger partial charge >= 0.3 is 29.6 Å². The molecular formula is C23H27N2NaO3. The molecule has 29 heavy (non-hydrogen) atoms. The van der Waals surface area contributed by atoms with Crippen LogP contribution in [0.1, 0.15) is 31.7 Å². The Hall–Kier alpha value is -1.66. The maximum Gasteiger partial charge on any atom is 1.00 e. The molecule has 0 aromatic heterocycles. The van der Waals surface area contributed by atoms with Gasteiger partial charge in [0.05, 0.1) is 11.5 Å². The monoisotopic (exact) mass is 402 g/mol. The van der Waals surface area contributed by atoms with E-state index >= 15 is 0 Å². The van der Waals surface area contributed by atoms with E-state index < -0.39 is 11.5 Å². The molecule has 2 aromatic rings. The Bertz CT molecular complexity index is 790. The summed E-state index contributed by atoms with van der Waals surface area (Å²) in [6, 6.07) is 19.4. The van der Waals surface area contributed by atoms with Crippen molar-refractivity contribution < 1.29 is 44.3 Å². The van der Waals surface area contributed by atoms with Crippen LogP contribution in [0.4, 0.5) is 5.69 Å². The third kappa shape index (κ3) is 5.48. The summed E-state index contributed by atoms with van der Waals surface area (Å²) in [5.41, 5.74) is 0.597. The van der Waals surface area contributed by atoms with Crippen LogP contribution in [0, 0.1) is 0 Å². The first-order valence-electron chi connectivity index (χ1n) is 9.92. The topological polar surface area (TPSA) is 63.7 Å². The van der Waals surface area contributed by atoms with Gasteiger partial charge in [0, 0.05) is 31.7 Å². The summed E-state index contributed by atoms with van der Waals surface area (Å²) in [4.78, 5) is 28.7. The molecule has 148 valence electrons. The van der Waals surface area contributed by atoms with Crippen molar-refractivity contribution in [2.75, 3.05) is 24.5 Å². The smallest absolute Gasteiger partial charge is 0.548 e. The number of piperidine rings is 1. The average Bonchev–Trinajstić information content (AvgIpc) is 2.74. The van der Waals surface area contributed by atoms with Crippen molar-refractivity contribution in [3.05, 3.63) is 66.2 Å². The normalized spacial score (nSPS) is 15.9. The second kappa shape index (κ2) is 10.9. The molecule has 0 bridgehead atoms. The molecule has 0 saturated carbocycles. The Balaban J connectivity index is 0.00000300. The first-order valence-corrected chi connectivity index (χ1v) is 9.92. The second-order valence-electron chi connectivity index (χ2n) is 7.31. The summed E-state index contributed by atoms with van der Waals surface area (Å²) in [6.45, 7) is 3.89. The minimum atomic E-state index is -1.29. The van der Waals surface area contributed by atoms with E-state index in [0.717, 1.165) is 13.0 Å². The number of anilines is 1. The summed E-state index contributed by atoms with van der Waals surface area (Å²) in [7, 11) is 0. The first kappa shape index (κ1) is 23.6. The molecule has 5 nitrogen and oxygen atoms in total. The minimum Gasteiger partial charge on any atom is -0.548 e. The fourth-order valence-corrected chi connectivity index (χ4v) is 3.96. The van der Waals surface area contributed by atoms with Gasteiger partial charge in [0.15, 0.2) is 0 Å². The zero-order valence-corrected chi connectivity index (χ0v) is 19.3. The van der Waals surface area contributed by atoms with Gasteiger partial charge < -0.3 is 19.7 Å². The van der Waals surface area contributed by atoms with Crippen molar-refractivity contribution in [3.8, 4) is 0 Å². The predicted molar refractivity (Wildman–Crippen MR) is 108 cm³/mol. The molecule has 1 aliphatic heterocycles. The number of carbonyl (C=O) groups is 2. The zero-order valence-electron chi connectivity index (χ0n) is 17.3. The molecular weight excluding hydrogens is 375 g/mol. The number of para-hydroxylation sites is 1.